The van der Waals surface area contributed by atoms with Crippen molar-refractivity contribution >= 4 is 23.4 Å². The second-order valence-corrected chi connectivity index (χ2v) is 6.99. The molecule has 2 aromatic rings. The maximum atomic E-state index is 12.5. The lowest BCUT2D eigenvalue weighted by molar-refractivity contribution is -0.122. The number of rotatable bonds is 6. The zero-order valence-electron chi connectivity index (χ0n) is 14.9. The van der Waals surface area contributed by atoms with Crippen molar-refractivity contribution in [2.45, 2.75) is 44.6 Å². The molecule has 0 aromatic heterocycles. The van der Waals surface area contributed by atoms with Crippen molar-refractivity contribution < 1.29 is 9.53 Å². The summed E-state index contributed by atoms with van der Waals surface area (Å²) in [4.78, 5) is 13.5. The average molecular weight is 343 g/mol. The Morgan fingerprint density at radius 3 is 2.50 bits per heavy atom. The van der Waals surface area contributed by atoms with E-state index in [9.17, 15) is 4.79 Å². The molecule has 2 aromatic carbocycles. The summed E-state index contributed by atoms with van der Waals surface area (Å²) in [6.07, 6.45) is 1.42. The summed E-state index contributed by atoms with van der Waals surface area (Å²) in [6.45, 7) is 8.05. The molecule has 0 saturated heterocycles. The second-order valence-electron chi connectivity index (χ2n) is 6.15. The molecule has 0 bridgehead atoms. The van der Waals surface area contributed by atoms with Gasteiger partial charge >= 0.3 is 0 Å². The fourth-order valence-corrected chi connectivity index (χ4v) is 3.00. The number of ether oxygens (including phenoxy) is 1. The van der Waals surface area contributed by atoms with Crippen LogP contribution < -0.4 is 10.1 Å². The molecule has 0 aliphatic rings. The van der Waals surface area contributed by atoms with Crippen molar-refractivity contribution in [2.75, 3.05) is 11.6 Å². The van der Waals surface area contributed by atoms with Crippen LogP contribution in [0.25, 0.3) is 0 Å². The Bertz CT molecular complexity index is 713. The second kappa shape index (κ2) is 8.25. The van der Waals surface area contributed by atoms with Gasteiger partial charge in [-0.1, -0.05) is 38.1 Å². The van der Waals surface area contributed by atoms with Crippen LogP contribution in [0.2, 0.25) is 0 Å². The molecule has 0 aliphatic carbocycles. The number of para-hydroxylation sites is 1. The van der Waals surface area contributed by atoms with Crippen LogP contribution in [0.1, 0.15) is 37.8 Å². The number of hydrogen-bond donors (Lipinski definition) is 1. The third kappa shape index (κ3) is 4.54. The van der Waals surface area contributed by atoms with Gasteiger partial charge in [-0.15, -0.1) is 11.8 Å². The smallest absolute Gasteiger partial charge is 0.265 e. The lowest BCUT2D eigenvalue weighted by atomic mass is 10.0. The van der Waals surface area contributed by atoms with Gasteiger partial charge in [0.15, 0.2) is 6.10 Å². The van der Waals surface area contributed by atoms with E-state index >= 15 is 0 Å². The van der Waals surface area contributed by atoms with Crippen molar-refractivity contribution in [3.63, 3.8) is 0 Å². The van der Waals surface area contributed by atoms with Crippen LogP contribution in [0.15, 0.2) is 47.4 Å². The number of benzene rings is 2. The molecule has 1 atom stereocenters. The van der Waals surface area contributed by atoms with E-state index < -0.39 is 6.10 Å². The molecule has 24 heavy (non-hydrogen) atoms. The van der Waals surface area contributed by atoms with E-state index in [0.717, 1.165) is 27.5 Å². The van der Waals surface area contributed by atoms with Gasteiger partial charge in [0.05, 0.1) is 5.69 Å². The Kier molecular flexibility index (Phi) is 6.32. The first-order valence-electron chi connectivity index (χ1n) is 8.13. The molecule has 0 fully saturated rings. The number of amides is 1. The minimum absolute atomic E-state index is 0.146. The summed E-state index contributed by atoms with van der Waals surface area (Å²) in [6, 6.07) is 13.9. The summed E-state index contributed by atoms with van der Waals surface area (Å²) in [5.41, 5.74) is 3.05. The molecule has 4 heteroatoms. The molecule has 1 N–H and O–H groups in total. The van der Waals surface area contributed by atoms with Crippen LogP contribution in [0.3, 0.4) is 0 Å². The maximum Gasteiger partial charge on any atom is 0.265 e. The quantitative estimate of drug-likeness (QED) is 0.728. The van der Waals surface area contributed by atoms with Crippen molar-refractivity contribution in [3.8, 4) is 5.75 Å². The highest BCUT2D eigenvalue weighted by Gasteiger charge is 2.18. The molecular weight excluding hydrogens is 318 g/mol. The Hall–Kier alpha value is -1.94. The van der Waals surface area contributed by atoms with Gasteiger partial charge < -0.3 is 10.1 Å². The standard InChI is InChI=1S/C20H25NO2S/c1-13(2)16-11-10-14(3)12-18(16)23-15(4)20(22)21-17-8-6-7-9-19(17)24-5/h6-13,15H,1-5H3,(H,21,22)/t15-/m0/s1. The monoisotopic (exact) mass is 343 g/mol. The van der Waals surface area contributed by atoms with E-state index in [0.29, 0.717) is 5.92 Å². The minimum atomic E-state index is -0.570. The maximum absolute atomic E-state index is 12.5. The molecule has 0 saturated carbocycles. The van der Waals surface area contributed by atoms with Crippen molar-refractivity contribution in [2.24, 2.45) is 0 Å². The summed E-state index contributed by atoms with van der Waals surface area (Å²) < 4.78 is 5.98. The molecule has 128 valence electrons. The number of thioether (sulfide) groups is 1. The van der Waals surface area contributed by atoms with E-state index in [4.69, 9.17) is 4.74 Å². The first-order chi connectivity index (χ1) is 11.4. The average Bonchev–Trinajstić information content (AvgIpc) is 2.55. The van der Waals surface area contributed by atoms with Crippen LogP contribution >= 0.6 is 11.8 Å². The van der Waals surface area contributed by atoms with Gasteiger partial charge in [-0.25, -0.2) is 0 Å². The molecule has 2 rings (SSSR count). The Balaban J connectivity index is 2.13. The molecule has 0 unspecified atom stereocenters. The topological polar surface area (TPSA) is 38.3 Å². The fourth-order valence-electron chi connectivity index (χ4n) is 2.45. The normalized spacial score (nSPS) is 12.1. The van der Waals surface area contributed by atoms with Crippen LogP contribution in [-0.4, -0.2) is 18.3 Å². The lowest BCUT2D eigenvalue weighted by Gasteiger charge is -2.20. The number of nitrogens with one attached hydrogen (secondary N) is 1. The molecule has 0 spiro atoms. The van der Waals surface area contributed by atoms with E-state index in [1.807, 2.05) is 43.5 Å². The predicted octanol–water partition coefficient (Wildman–Crippen LogP) is 5.25. The van der Waals surface area contributed by atoms with Crippen LogP contribution in [0.5, 0.6) is 5.75 Å². The molecule has 3 nitrogen and oxygen atoms in total. The van der Waals surface area contributed by atoms with Gasteiger partial charge in [0.1, 0.15) is 5.75 Å². The minimum Gasteiger partial charge on any atom is -0.481 e. The zero-order chi connectivity index (χ0) is 17.7. The summed E-state index contributed by atoms with van der Waals surface area (Å²) >= 11 is 1.61. The van der Waals surface area contributed by atoms with E-state index in [1.165, 1.54) is 0 Å². The highest BCUT2D eigenvalue weighted by molar-refractivity contribution is 7.98. The van der Waals surface area contributed by atoms with Crippen LogP contribution in [0, 0.1) is 6.92 Å². The molecular formula is C20H25NO2S. The summed E-state index contributed by atoms with van der Waals surface area (Å²) in [5.74, 6) is 0.978. The van der Waals surface area contributed by atoms with Crippen molar-refractivity contribution in [1.82, 2.24) is 0 Å². The lowest BCUT2D eigenvalue weighted by Crippen LogP contribution is -2.30. The van der Waals surface area contributed by atoms with E-state index in [1.54, 1.807) is 18.7 Å². The molecule has 0 heterocycles. The largest absolute Gasteiger partial charge is 0.481 e. The molecule has 0 aliphatic heterocycles. The van der Waals surface area contributed by atoms with Gasteiger partial charge in [0.25, 0.3) is 5.91 Å². The highest BCUT2D eigenvalue weighted by atomic mass is 32.2. The zero-order valence-corrected chi connectivity index (χ0v) is 15.7. The summed E-state index contributed by atoms with van der Waals surface area (Å²) in [7, 11) is 0. The van der Waals surface area contributed by atoms with Gasteiger partial charge in [-0.2, -0.15) is 0 Å². The number of hydrogen-bond acceptors (Lipinski definition) is 3. The van der Waals surface area contributed by atoms with Crippen molar-refractivity contribution in [1.29, 1.82) is 0 Å². The Morgan fingerprint density at radius 2 is 1.83 bits per heavy atom. The molecule has 1 amide bonds. The van der Waals surface area contributed by atoms with Gasteiger partial charge in [0, 0.05) is 4.90 Å². The molecule has 0 radical (unpaired) electrons. The number of carbonyl (C=O) groups excluding carboxylic acids is 1. The number of aryl methyl sites for hydroxylation is 1. The first kappa shape index (κ1) is 18.4. The highest BCUT2D eigenvalue weighted by Crippen LogP contribution is 2.29. The Labute approximate surface area is 148 Å². The first-order valence-corrected chi connectivity index (χ1v) is 9.36. The third-order valence-electron chi connectivity index (χ3n) is 3.83. The van der Waals surface area contributed by atoms with Gasteiger partial charge in [-0.3, -0.25) is 4.79 Å². The number of anilines is 1. The third-order valence-corrected chi connectivity index (χ3v) is 4.62. The van der Waals surface area contributed by atoms with Crippen molar-refractivity contribution in [3.05, 3.63) is 53.6 Å². The summed E-state index contributed by atoms with van der Waals surface area (Å²) in [5, 5.41) is 2.96. The van der Waals surface area contributed by atoms with Gasteiger partial charge in [-0.05, 0) is 55.3 Å². The SMILES string of the molecule is CSc1ccccc1NC(=O)[C@H](C)Oc1cc(C)ccc1C(C)C. The Morgan fingerprint density at radius 1 is 1.12 bits per heavy atom. The predicted molar refractivity (Wildman–Crippen MR) is 102 cm³/mol. The van der Waals surface area contributed by atoms with Crippen LogP contribution in [-0.2, 0) is 4.79 Å². The fraction of sp³-hybridized carbons (Fsp3) is 0.350. The van der Waals surface area contributed by atoms with E-state index in [2.05, 4.69) is 31.3 Å². The number of carbonyl (C=O) groups is 1. The van der Waals surface area contributed by atoms with Gasteiger partial charge in [0.2, 0.25) is 0 Å². The van der Waals surface area contributed by atoms with E-state index in [-0.39, 0.29) is 5.91 Å². The van der Waals surface area contributed by atoms with Crippen LogP contribution in [0.4, 0.5) is 5.69 Å².